The molecule has 0 aliphatic heterocycles. The second-order valence-electron chi connectivity index (χ2n) is 2.55. The number of carbonyl (C=O) groups is 1. The number of benzene rings is 1. The van der Waals surface area contributed by atoms with Crippen LogP contribution in [0, 0.1) is 0 Å². The summed E-state index contributed by atoms with van der Waals surface area (Å²) >= 11 is 0. The van der Waals surface area contributed by atoms with Crippen LogP contribution in [0.4, 0.5) is 5.69 Å². The molecule has 0 bridgehead atoms. The van der Waals surface area contributed by atoms with Gasteiger partial charge in [-0.15, -0.1) is 0 Å². The van der Waals surface area contributed by atoms with E-state index < -0.39 is 6.61 Å². The van der Waals surface area contributed by atoms with Crippen LogP contribution in [0.25, 0.3) is 0 Å². The topological polar surface area (TPSA) is 72.5 Å². The third kappa shape index (κ3) is 3.13. The van der Waals surface area contributed by atoms with Crippen molar-refractivity contribution in [2.24, 2.45) is 0 Å². The number of aliphatic hydroxyl groups excluding tert-OH is 1. The molecule has 0 aliphatic carbocycles. The molecule has 0 saturated heterocycles. The predicted octanol–water partition coefficient (Wildman–Crippen LogP) is 0.209. The van der Waals surface area contributed by atoms with Crippen LogP contribution in [0.1, 0.15) is 0 Å². The summed E-state index contributed by atoms with van der Waals surface area (Å²) in [5.41, 5.74) is 6.09. The molecule has 0 aromatic heterocycles. The standard InChI is InChI=1S/C9H11NO3/c10-7-1-3-9(4-2-7)13-6-8(12)5-11/h1-4,11H,5-6,10H2. The van der Waals surface area contributed by atoms with Gasteiger partial charge in [0.15, 0.2) is 5.78 Å². The zero-order chi connectivity index (χ0) is 9.68. The van der Waals surface area contributed by atoms with Crippen molar-refractivity contribution in [1.82, 2.24) is 0 Å². The van der Waals surface area contributed by atoms with Crippen molar-refractivity contribution in [3.05, 3.63) is 24.3 Å². The minimum Gasteiger partial charge on any atom is -0.486 e. The highest BCUT2D eigenvalue weighted by molar-refractivity contribution is 5.80. The maximum Gasteiger partial charge on any atom is 0.195 e. The number of hydrogen-bond acceptors (Lipinski definition) is 4. The van der Waals surface area contributed by atoms with Crippen molar-refractivity contribution in [3.8, 4) is 5.75 Å². The van der Waals surface area contributed by atoms with Crippen molar-refractivity contribution < 1.29 is 14.6 Å². The van der Waals surface area contributed by atoms with E-state index in [4.69, 9.17) is 15.6 Å². The fourth-order valence-electron chi connectivity index (χ4n) is 0.774. The van der Waals surface area contributed by atoms with Gasteiger partial charge in [0.2, 0.25) is 0 Å². The van der Waals surface area contributed by atoms with Crippen LogP contribution >= 0.6 is 0 Å². The zero-order valence-electron chi connectivity index (χ0n) is 7.06. The molecular weight excluding hydrogens is 170 g/mol. The summed E-state index contributed by atoms with van der Waals surface area (Å²) in [6, 6.07) is 6.69. The van der Waals surface area contributed by atoms with Gasteiger partial charge in [0.25, 0.3) is 0 Å². The highest BCUT2D eigenvalue weighted by Crippen LogP contribution is 2.12. The van der Waals surface area contributed by atoms with Crippen molar-refractivity contribution in [3.63, 3.8) is 0 Å². The number of nitrogens with two attached hydrogens (primary N) is 1. The maximum atomic E-state index is 10.7. The minimum atomic E-state index is -0.491. The van der Waals surface area contributed by atoms with Gasteiger partial charge in [-0.3, -0.25) is 4.79 Å². The number of ketones is 1. The van der Waals surface area contributed by atoms with Crippen LogP contribution in [0.2, 0.25) is 0 Å². The van der Waals surface area contributed by atoms with E-state index in [0.29, 0.717) is 11.4 Å². The summed E-state index contributed by atoms with van der Waals surface area (Å²) in [5.74, 6) is 0.216. The third-order valence-electron chi connectivity index (χ3n) is 1.46. The number of carbonyl (C=O) groups excluding carboxylic acids is 1. The summed E-state index contributed by atoms with van der Waals surface area (Å²) < 4.78 is 5.05. The largest absolute Gasteiger partial charge is 0.486 e. The molecule has 0 fully saturated rings. The Morgan fingerprint density at radius 1 is 1.38 bits per heavy atom. The Morgan fingerprint density at radius 2 is 2.00 bits per heavy atom. The fraction of sp³-hybridized carbons (Fsp3) is 0.222. The molecule has 0 unspecified atom stereocenters. The summed E-state index contributed by atoms with van der Waals surface area (Å²) in [7, 11) is 0. The lowest BCUT2D eigenvalue weighted by Gasteiger charge is -2.03. The smallest absolute Gasteiger partial charge is 0.195 e. The zero-order valence-corrected chi connectivity index (χ0v) is 7.06. The molecule has 3 N–H and O–H groups in total. The lowest BCUT2D eigenvalue weighted by Crippen LogP contribution is -2.14. The van der Waals surface area contributed by atoms with Gasteiger partial charge >= 0.3 is 0 Å². The van der Waals surface area contributed by atoms with Crippen molar-refractivity contribution >= 4 is 11.5 Å². The molecule has 0 aliphatic rings. The summed E-state index contributed by atoms with van der Waals surface area (Å²) in [4.78, 5) is 10.7. The Hall–Kier alpha value is -1.55. The monoisotopic (exact) mass is 181 g/mol. The average Bonchev–Trinajstić information content (AvgIpc) is 2.16. The van der Waals surface area contributed by atoms with Crippen LogP contribution in [-0.2, 0) is 4.79 Å². The van der Waals surface area contributed by atoms with E-state index in [1.165, 1.54) is 0 Å². The van der Waals surface area contributed by atoms with E-state index in [9.17, 15) is 4.79 Å². The second-order valence-corrected chi connectivity index (χ2v) is 2.55. The molecule has 4 heteroatoms. The maximum absolute atomic E-state index is 10.7. The fourth-order valence-corrected chi connectivity index (χ4v) is 0.774. The molecule has 1 aromatic rings. The first kappa shape index (κ1) is 9.54. The average molecular weight is 181 g/mol. The molecular formula is C9H11NO3. The van der Waals surface area contributed by atoms with Gasteiger partial charge in [0, 0.05) is 5.69 Å². The number of rotatable bonds is 4. The van der Waals surface area contributed by atoms with Crippen molar-refractivity contribution in [1.29, 1.82) is 0 Å². The number of nitrogen functional groups attached to an aromatic ring is 1. The number of Topliss-reactive ketones (excluding diaryl/α,β-unsaturated/α-hetero) is 1. The molecule has 1 aromatic carbocycles. The first-order valence-corrected chi connectivity index (χ1v) is 3.83. The molecule has 0 amide bonds. The van der Waals surface area contributed by atoms with Crippen LogP contribution in [0.3, 0.4) is 0 Å². The van der Waals surface area contributed by atoms with Crippen LogP contribution in [0.15, 0.2) is 24.3 Å². The predicted molar refractivity (Wildman–Crippen MR) is 48.4 cm³/mol. The lowest BCUT2D eigenvalue weighted by atomic mass is 10.3. The molecule has 0 atom stereocenters. The number of hydrogen-bond donors (Lipinski definition) is 2. The van der Waals surface area contributed by atoms with Gasteiger partial charge in [-0.25, -0.2) is 0 Å². The summed E-state index contributed by atoms with van der Waals surface area (Å²) in [6.07, 6.45) is 0. The van der Waals surface area contributed by atoms with Gasteiger partial charge < -0.3 is 15.6 Å². The van der Waals surface area contributed by atoms with E-state index in [2.05, 4.69) is 0 Å². The molecule has 13 heavy (non-hydrogen) atoms. The number of ether oxygens (including phenoxy) is 1. The molecule has 70 valence electrons. The molecule has 0 radical (unpaired) electrons. The Bertz CT molecular complexity index is 281. The molecule has 0 saturated carbocycles. The quantitative estimate of drug-likeness (QED) is 0.651. The van der Waals surface area contributed by atoms with Gasteiger partial charge in [-0.1, -0.05) is 0 Å². The van der Waals surface area contributed by atoms with E-state index in [1.54, 1.807) is 24.3 Å². The molecule has 1 rings (SSSR count). The summed E-state index contributed by atoms with van der Waals surface area (Å²) in [6.45, 7) is -0.602. The normalized spacial score (nSPS) is 9.62. The van der Waals surface area contributed by atoms with Crippen LogP contribution < -0.4 is 10.5 Å². The van der Waals surface area contributed by atoms with E-state index in [-0.39, 0.29) is 12.4 Å². The van der Waals surface area contributed by atoms with Crippen LogP contribution in [-0.4, -0.2) is 24.1 Å². The molecule has 0 heterocycles. The Labute approximate surface area is 75.9 Å². The van der Waals surface area contributed by atoms with Gasteiger partial charge in [-0.2, -0.15) is 0 Å². The van der Waals surface area contributed by atoms with Gasteiger partial charge in [0.1, 0.15) is 19.0 Å². The third-order valence-corrected chi connectivity index (χ3v) is 1.46. The van der Waals surface area contributed by atoms with E-state index >= 15 is 0 Å². The molecule has 4 nitrogen and oxygen atoms in total. The van der Waals surface area contributed by atoms with Crippen molar-refractivity contribution in [2.75, 3.05) is 18.9 Å². The Morgan fingerprint density at radius 3 is 2.54 bits per heavy atom. The second kappa shape index (κ2) is 4.47. The Kier molecular flexibility index (Phi) is 3.28. The highest BCUT2D eigenvalue weighted by atomic mass is 16.5. The van der Waals surface area contributed by atoms with Gasteiger partial charge in [-0.05, 0) is 24.3 Å². The lowest BCUT2D eigenvalue weighted by molar-refractivity contribution is -0.123. The SMILES string of the molecule is Nc1ccc(OCC(=O)CO)cc1. The summed E-state index contributed by atoms with van der Waals surface area (Å²) in [5, 5.41) is 8.41. The van der Waals surface area contributed by atoms with Crippen molar-refractivity contribution in [2.45, 2.75) is 0 Å². The van der Waals surface area contributed by atoms with E-state index in [0.717, 1.165) is 0 Å². The number of aliphatic hydroxyl groups is 1. The van der Waals surface area contributed by atoms with E-state index in [1.807, 2.05) is 0 Å². The Balaban J connectivity index is 2.46. The highest BCUT2D eigenvalue weighted by Gasteiger charge is 1.99. The van der Waals surface area contributed by atoms with Crippen LogP contribution in [0.5, 0.6) is 5.75 Å². The van der Waals surface area contributed by atoms with Gasteiger partial charge in [0.05, 0.1) is 0 Å². The first-order valence-electron chi connectivity index (χ1n) is 3.83. The number of anilines is 1. The molecule has 0 spiro atoms. The minimum absolute atomic E-state index is 0.111. The first-order chi connectivity index (χ1) is 6.22.